The van der Waals surface area contributed by atoms with Gasteiger partial charge in [-0.15, -0.1) is 0 Å². The molecule has 0 spiro atoms. The Hall–Kier alpha value is -0.570. The van der Waals surface area contributed by atoms with E-state index in [1.54, 1.807) is 0 Å². The minimum Gasteiger partial charge on any atom is -0.355 e. The van der Waals surface area contributed by atoms with Gasteiger partial charge in [0.25, 0.3) is 0 Å². The van der Waals surface area contributed by atoms with Gasteiger partial charge in [-0.05, 0) is 33.2 Å². The lowest BCUT2D eigenvalue weighted by molar-refractivity contribution is -0.127. The van der Waals surface area contributed by atoms with Gasteiger partial charge in [-0.25, -0.2) is 0 Å². The molecule has 0 aromatic carbocycles. The molecule has 1 rings (SSSR count). The van der Waals surface area contributed by atoms with Crippen molar-refractivity contribution in [2.24, 2.45) is 5.92 Å². The van der Waals surface area contributed by atoms with Gasteiger partial charge in [0.1, 0.15) is 0 Å². The smallest absolute Gasteiger partial charge is 0.223 e. The zero-order chi connectivity index (χ0) is 11.3. The van der Waals surface area contributed by atoms with Gasteiger partial charge in [-0.2, -0.15) is 0 Å². The summed E-state index contributed by atoms with van der Waals surface area (Å²) in [5, 5.41) is 3.01. The molecule has 0 radical (unpaired) electrons. The molecule has 1 N–H and O–H groups in total. The highest BCUT2D eigenvalue weighted by Crippen LogP contribution is 2.25. The maximum absolute atomic E-state index is 11.5. The molecule has 1 aliphatic carbocycles. The van der Waals surface area contributed by atoms with E-state index in [2.05, 4.69) is 31.1 Å². The standard InChI is InChI=1S/C12H24N2O/c1-4-10(2)14(3)9-8-13-12(15)11-6-5-7-11/h10-11H,4-9H2,1-3H3,(H,13,15)/t10-/m1/s1. The van der Waals surface area contributed by atoms with Gasteiger partial charge in [-0.1, -0.05) is 13.3 Å². The number of hydrogen-bond donors (Lipinski definition) is 1. The van der Waals surface area contributed by atoms with Crippen LogP contribution >= 0.6 is 0 Å². The molecule has 0 heterocycles. The molecule has 0 saturated heterocycles. The number of carbonyl (C=O) groups is 1. The molecule has 3 heteroatoms. The van der Waals surface area contributed by atoms with Gasteiger partial charge in [0.2, 0.25) is 5.91 Å². The molecule has 1 saturated carbocycles. The van der Waals surface area contributed by atoms with E-state index in [4.69, 9.17) is 0 Å². The lowest BCUT2D eigenvalue weighted by atomic mass is 9.85. The minimum absolute atomic E-state index is 0.263. The second kappa shape index (κ2) is 6.11. The highest BCUT2D eigenvalue weighted by atomic mass is 16.1. The Labute approximate surface area is 93.2 Å². The number of nitrogens with zero attached hydrogens (tertiary/aromatic N) is 1. The number of amides is 1. The summed E-state index contributed by atoms with van der Waals surface area (Å²) in [6.07, 6.45) is 4.57. The topological polar surface area (TPSA) is 32.3 Å². The summed E-state index contributed by atoms with van der Waals surface area (Å²) in [6.45, 7) is 6.14. The van der Waals surface area contributed by atoms with E-state index < -0.39 is 0 Å². The van der Waals surface area contributed by atoms with Crippen LogP contribution in [0.15, 0.2) is 0 Å². The van der Waals surface area contributed by atoms with Crippen LogP contribution in [0.5, 0.6) is 0 Å². The molecular formula is C12H24N2O. The summed E-state index contributed by atoms with van der Waals surface area (Å²) in [5.74, 6) is 0.581. The Bertz CT molecular complexity index is 202. The van der Waals surface area contributed by atoms with Crippen LogP contribution in [0.1, 0.15) is 39.5 Å². The van der Waals surface area contributed by atoms with E-state index in [0.717, 1.165) is 32.4 Å². The summed E-state index contributed by atoms with van der Waals surface area (Å²) < 4.78 is 0. The third kappa shape index (κ3) is 3.82. The third-order valence-corrected chi connectivity index (χ3v) is 3.58. The van der Waals surface area contributed by atoms with E-state index in [1.165, 1.54) is 6.42 Å². The van der Waals surface area contributed by atoms with Crippen LogP contribution in [0, 0.1) is 5.92 Å². The first-order valence-electron chi connectivity index (χ1n) is 6.13. The van der Waals surface area contributed by atoms with Crippen LogP contribution in [0.2, 0.25) is 0 Å². The zero-order valence-corrected chi connectivity index (χ0v) is 10.3. The summed E-state index contributed by atoms with van der Waals surface area (Å²) in [6, 6.07) is 0.602. The predicted octanol–water partition coefficient (Wildman–Crippen LogP) is 1.63. The Morgan fingerprint density at radius 3 is 2.67 bits per heavy atom. The van der Waals surface area contributed by atoms with Crippen LogP contribution < -0.4 is 5.32 Å². The van der Waals surface area contributed by atoms with Gasteiger partial charge >= 0.3 is 0 Å². The number of carbonyl (C=O) groups excluding carboxylic acids is 1. The van der Waals surface area contributed by atoms with Gasteiger partial charge in [0.15, 0.2) is 0 Å². The number of hydrogen-bond acceptors (Lipinski definition) is 2. The fraction of sp³-hybridized carbons (Fsp3) is 0.917. The first kappa shape index (κ1) is 12.5. The first-order valence-corrected chi connectivity index (χ1v) is 6.13. The lowest BCUT2D eigenvalue weighted by Gasteiger charge is -2.26. The van der Waals surface area contributed by atoms with Crippen molar-refractivity contribution >= 4 is 5.91 Å². The second-order valence-electron chi connectivity index (χ2n) is 4.66. The molecule has 1 aliphatic rings. The molecule has 0 bridgehead atoms. The Morgan fingerprint density at radius 1 is 1.53 bits per heavy atom. The van der Waals surface area contributed by atoms with Crippen molar-refractivity contribution < 1.29 is 4.79 Å². The van der Waals surface area contributed by atoms with Crippen LogP contribution in [0.3, 0.4) is 0 Å². The Kier molecular flexibility index (Phi) is 5.09. The maximum atomic E-state index is 11.5. The van der Waals surface area contributed by atoms with Crippen molar-refractivity contribution in [1.82, 2.24) is 10.2 Å². The monoisotopic (exact) mass is 212 g/mol. The third-order valence-electron chi connectivity index (χ3n) is 3.58. The van der Waals surface area contributed by atoms with Gasteiger partial charge in [-0.3, -0.25) is 4.79 Å². The van der Waals surface area contributed by atoms with Crippen molar-refractivity contribution in [2.45, 2.75) is 45.6 Å². The van der Waals surface area contributed by atoms with Crippen molar-refractivity contribution in [2.75, 3.05) is 20.1 Å². The van der Waals surface area contributed by atoms with Gasteiger partial charge in [0.05, 0.1) is 0 Å². The fourth-order valence-corrected chi connectivity index (χ4v) is 1.70. The second-order valence-corrected chi connectivity index (χ2v) is 4.66. The summed E-state index contributed by atoms with van der Waals surface area (Å²) in [7, 11) is 2.11. The van der Waals surface area contributed by atoms with Crippen molar-refractivity contribution in [3.8, 4) is 0 Å². The lowest BCUT2D eigenvalue weighted by Crippen LogP contribution is -2.40. The van der Waals surface area contributed by atoms with Crippen molar-refractivity contribution in [1.29, 1.82) is 0 Å². The average molecular weight is 212 g/mol. The molecule has 1 fully saturated rings. The van der Waals surface area contributed by atoms with Gasteiger partial charge in [0, 0.05) is 25.0 Å². The molecule has 15 heavy (non-hydrogen) atoms. The van der Waals surface area contributed by atoms with E-state index in [0.29, 0.717) is 12.0 Å². The molecule has 0 unspecified atom stereocenters. The molecule has 1 atom stereocenters. The van der Waals surface area contributed by atoms with E-state index in [-0.39, 0.29) is 5.91 Å². The molecule has 88 valence electrons. The zero-order valence-electron chi connectivity index (χ0n) is 10.3. The number of nitrogens with one attached hydrogen (secondary N) is 1. The SMILES string of the molecule is CC[C@@H](C)N(C)CCNC(=O)C1CCC1. The highest BCUT2D eigenvalue weighted by Gasteiger charge is 2.24. The first-order chi connectivity index (χ1) is 7.15. The van der Waals surface area contributed by atoms with E-state index >= 15 is 0 Å². The van der Waals surface area contributed by atoms with Crippen molar-refractivity contribution in [3.63, 3.8) is 0 Å². The van der Waals surface area contributed by atoms with Gasteiger partial charge < -0.3 is 10.2 Å². The highest BCUT2D eigenvalue weighted by molar-refractivity contribution is 5.79. The molecule has 0 aromatic heterocycles. The summed E-state index contributed by atoms with van der Waals surface area (Å²) >= 11 is 0. The molecular weight excluding hydrogens is 188 g/mol. The van der Waals surface area contributed by atoms with Crippen molar-refractivity contribution in [3.05, 3.63) is 0 Å². The fourth-order valence-electron chi connectivity index (χ4n) is 1.70. The van der Waals surface area contributed by atoms with Crippen LogP contribution in [-0.2, 0) is 4.79 Å². The number of rotatable bonds is 6. The molecule has 0 aliphatic heterocycles. The molecule has 3 nitrogen and oxygen atoms in total. The van der Waals surface area contributed by atoms with Crippen LogP contribution in [0.4, 0.5) is 0 Å². The molecule has 1 amide bonds. The van der Waals surface area contributed by atoms with E-state index in [9.17, 15) is 4.79 Å². The number of likely N-dealkylation sites (N-methyl/N-ethyl adjacent to an activating group) is 1. The summed E-state index contributed by atoms with van der Waals surface area (Å²) in [5.41, 5.74) is 0. The predicted molar refractivity (Wildman–Crippen MR) is 62.7 cm³/mol. The Balaban J connectivity index is 2.07. The van der Waals surface area contributed by atoms with Crippen LogP contribution in [-0.4, -0.2) is 37.0 Å². The Morgan fingerprint density at radius 2 is 2.20 bits per heavy atom. The average Bonchev–Trinajstić information content (AvgIpc) is 2.13. The summed E-state index contributed by atoms with van der Waals surface area (Å²) in [4.78, 5) is 13.8. The quantitative estimate of drug-likeness (QED) is 0.726. The maximum Gasteiger partial charge on any atom is 0.223 e. The van der Waals surface area contributed by atoms with E-state index in [1.807, 2.05) is 0 Å². The minimum atomic E-state index is 0.263. The normalized spacial score (nSPS) is 18.7. The van der Waals surface area contributed by atoms with Crippen LogP contribution in [0.25, 0.3) is 0 Å². The molecule has 0 aromatic rings. The largest absolute Gasteiger partial charge is 0.355 e.